The third-order valence-electron chi connectivity index (χ3n) is 5.10. The molecule has 0 unspecified atom stereocenters. The van der Waals surface area contributed by atoms with E-state index in [1.165, 1.54) is 35.1 Å². The summed E-state index contributed by atoms with van der Waals surface area (Å²) in [4.78, 5) is 22.8. The van der Waals surface area contributed by atoms with E-state index in [4.69, 9.17) is 5.73 Å². The summed E-state index contributed by atoms with van der Waals surface area (Å²) in [6, 6.07) is 16.1. The Balaban J connectivity index is 1.68. The van der Waals surface area contributed by atoms with Gasteiger partial charge >= 0.3 is 12.1 Å². The van der Waals surface area contributed by atoms with Gasteiger partial charge in [-0.1, -0.05) is 41.6 Å². The highest BCUT2D eigenvalue weighted by Crippen LogP contribution is 2.31. The molecule has 1 amide bonds. The van der Waals surface area contributed by atoms with Gasteiger partial charge in [0.15, 0.2) is 0 Å². The van der Waals surface area contributed by atoms with E-state index in [0.717, 1.165) is 17.7 Å². The molecule has 3 N–H and O–H groups in total. The first-order valence-electron chi connectivity index (χ1n) is 9.96. The molecule has 0 saturated heterocycles. The van der Waals surface area contributed by atoms with Crippen LogP contribution in [0.4, 0.5) is 13.2 Å². The molecule has 7 nitrogen and oxygen atoms in total. The number of nitrogens with two attached hydrogens (primary N) is 1. The number of benzene rings is 3. The molecule has 34 heavy (non-hydrogen) atoms. The molecular formula is C24H17F3N4O3. The van der Waals surface area contributed by atoms with Crippen LogP contribution in [0.5, 0.6) is 0 Å². The molecule has 0 saturated carbocycles. The lowest BCUT2D eigenvalue weighted by molar-refractivity contribution is -0.137. The fourth-order valence-electron chi connectivity index (χ4n) is 3.40. The Labute approximate surface area is 191 Å². The van der Waals surface area contributed by atoms with Crippen molar-refractivity contribution >= 4 is 11.9 Å². The molecule has 4 rings (SSSR count). The van der Waals surface area contributed by atoms with E-state index >= 15 is 0 Å². The summed E-state index contributed by atoms with van der Waals surface area (Å²) in [5.74, 6) is -1.60. The minimum absolute atomic E-state index is 0.0142. The molecule has 0 aliphatic rings. The average Bonchev–Trinajstić information content (AvgIpc) is 3.29. The van der Waals surface area contributed by atoms with Crippen LogP contribution in [0.25, 0.3) is 28.1 Å². The van der Waals surface area contributed by atoms with Gasteiger partial charge in [0.2, 0.25) is 5.91 Å². The van der Waals surface area contributed by atoms with Crippen LogP contribution in [0.15, 0.2) is 72.9 Å². The Morgan fingerprint density at radius 2 is 1.56 bits per heavy atom. The average molecular weight is 466 g/mol. The minimum atomic E-state index is -4.44. The number of rotatable bonds is 6. The van der Waals surface area contributed by atoms with E-state index in [1.54, 1.807) is 30.3 Å². The number of halogens is 3. The zero-order valence-electron chi connectivity index (χ0n) is 17.5. The van der Waals surface area contributed by atoms with Crippen molar-refractivity contribution < 1.29 is 27.9 Å². The molecule has 0 bridgehead atoms. The second-order valence-corrected chi connectivity index (χ2v) is 7.54. The molecule has 1 aromatic heterocycles. The number of nitrogens with zero attached hydrogens (tertiary/aromatic N) is 3. The number of aromatic nitrogens is 3. The fourth-order valence-corrected chi connectivity index (χ4v) is 3.40. The van der Waals surface area contributed by atoms with Crippen LogP contribution in [-0.4, -0.2) is 32.0 Å². The second-order valence-electron chi connectivity index (χ2n) is 7.54. The maximum absolute atomic E-state index is 12.8. The lowest BCUT2D eigenvalue weighted by atomic mass is 10.00. The number of hydrogen-bond donors (Lipinski definition) is 2. The minimum Gasteiger partial charge on any atom is -0.478 e. The molecule has 10 heteroatoms. The van der Waals surface area contributed by atoms with Crippen LogP contribution in [0.2, 0.25) is 0 Å². The summed E-state index contributed by atoms with van der Waals surface area (Å²) < 4.78 is 39.8. The predicted molar refractivity (Wildman–Crippen MR) is 117 cm³/mol. The van der Waals surface area contributed by atoms with Gasteiger partial charge in [0.25, 0.3) is 0 Å². The van der Waals surface area contributed by atoms with Crippen molar-refractivity contribution in [1.82, 2.24) is 15.0 Å². The van der Waals surface area contributed by atoms with Crippen molar-refractivity contribution in [1.29, 1.82) is 0 Å². The van der Waals surface area contributed by atoms with Crippen LogP contribution in [0.1, 0.15) is 21.5 Å². The highest BCUT2D eigenvalue weighted by Gasteiger charge is 2.30. The summed E-state index contributed by atoms with van der Waals surface area (Å²) in [5.41, 5.74) is 7.64. The van der Waals surface area contributed by atoms with Crippen molar-refractivity contribution in [3.8, 4) is 28.1 Å². The largest absolute Gasteiger partial charge is 0.478 e. The number of alkyl halides is 3. The molecule has 172 valence electrons. The van der Waals surface area contributed by atoms with Gasteiger partial charge < -0.3 is 10.8 Å². The maximum atomic E-state index is 12.8. The topological polar surface area (TPSA) is 111 Å². The number of amides is 1. The van der Waals surface area contributed by atoms with Crippen LogP contribution < -0.4 is 5.73 Å². The lowest BCUT2D eigenvalue weighted by Gasteiger charge is -2.09. The maximum Gasteiger partial charge on any atom is 0.416 e. The SMILES string of the molecule is NC(=O)Cc1ccc(-c2cc(C(=O)O)cc(-n3cc(-c4ccc(C(F)(F)F)cc4)nn3)c2)cc1. The molecule has 0 spiro atoms. The number of carbonyl (C=O) groups excluding carboxylic acids is 1. The zero-order valence-corrected chi connectivity index (χ0v) is 17.5. The van der Waals surface area contributed by atoms with Crippen LogP contribution >= 0.6 is 0 Å². The highest BCUT2D eigenvalue weighted by molar-refractivity contribution is 5.90. The smallest absolute Gasteiger partial charge is 0.416 e. The van der Waals surface area contributed by atoms with Gasteiger partial charge in [0.05, 0.1) is 29.4 Å². The molecule has 0 radical (unpaired) electrons. The van der Waals surface area contributed by atoms with Gasteiger partial charge in [-0.25, -0.2) is 9.48 Å². The first kappa shape index (κ1) is 22.7. The monoisotopic (exact) mass is 466 g/mol. The third-order valence-corrected chi connectivity index (χ3v) is 5.10. The van der Waals surface area contributed by atoms with Crippen molar-refractivity contribution in [2.24, 2.45) is 5.73 Å². The fraction of sp³-hybridized carbons (Fsp3) is 0.0833. The lowest BCUT2D eigenvalue weighted by Crippen LogP contribution is -2.13. The summed E-state index contributed by atoms with van der Waals surface area (Å²) >= 11 is 0. The normalized spacial score (nSPS) is 11.4. The second kappa shape index (κ2) is 8.81. The van der Waals surface area contributed by atoms with Gasteiger partial charge in [-0.3, -0.25) is 4.79 Å². The van der Waals surface area contributed by atoms with Gasteiger partial charge in [-0.2, -0.15) is 13.2 Å². The van der Waals surface area contributed by atoms with Gasteiger partial charge in [-0.15, -0.1) is 5.10 Å². The van der Waals surface area contributed by atoms with E-state index in [-0.39, 0.29) is 12.0 Å². The first-order chi connectivity index (χ1) is 16.1. The Hall–Kier alpha value is -4.47. The number of aromatic carboxylic acids is 1. The van der Waals surface area contributed by atoms with Gasteiger partial charge in [-0.05, 0) is 47.0 Å². The van der Waals surface area contributed by atoms with Crippen molar-refractivity contribution in [2.75, 3.05) is 0 Å². The molecule has 0 atom stereocenters. The van der Waals surface area contributed by atoms with Gasteiger partial charge in [0.1, 0.15) is 5.69 Å². The van der Waals surface area contributed by atoms with Crippen molar-refractivity contribution in [2.45, 2.75) is 12.6 Å². The van der Waals surface area contributed by atoms with E-state index in [2.05, 4.69) is 10.3 Å². The van der Waals surface area contributed by atoms with Crippen LogP contribution in [-0.2, 0) is 17.4 Å². The predicted octanol–water partition coefficient (Wildman–Crippen LogP) is 4.35. The van der Waals surface area contributed by atoms with E-state index in [1.807, 2.05) is 0 Å². The van der Waals surface area contributed by atoms with Crippen LogP contribution in [0.3, 0.4) is 0 Å². The Morgan fingerprint density at radius 3 is 2.15 bits per heavy atom. The zero-order chi connectivity index (χ0) is 24.5. The Morgan fingerprint density at radius 1 is 0.912 bits per heavy atom. The summed E-state index contributed by atoms with van der Waals surface area (Å²) in [6.07, 6.45) is -2.85. The number of primary amides is 1. The molecule has 0 fully saturated rings. The molecule has 0 aliphatic heterocycles. The number of carboxylic acid groups (broad SMARTS) is 1. The van der Waals surface area contributed by atoms with E-state index in [0.29, 0.717) is 28.1 Å². The van der Waals surface area contributed by atoms with Crippen molar-refractivity contribution in [3.63, 3.8) is 0 Å². The van der Waals surface area contributed by atoms with E-state index in [9.17, 15) is 27.9 Å². The molecule has 3 aromatic carbocycles. The highest BCUT2D eigenvalue weighted by atomic mass is 19.4. The number of carbonyl (C=O) groups is 2. The number of carboxylic acids is 1. The summed E-state index contributed by atoms with van der Waals surface area (Å²) in [7, 11) is 0. The standard InChI is InChI=1S/C24H17F3N4O3/c25-24(26,27)19-7-5-16(6-8-19)21-13-31(30-29-21)20-11-17(10-18(12-20)23(33)34)15-3-1-14(2-4-15)9-22(28)32/h1-8,10-13H,9H2,(H2,28,32)(H,33,34). The number of hydrogen-bond acceptors (Lipinski definition) is 4. The third kappa shape index (κ3) is 4.96. The molecule has 4 aromatic rings. The quantitative estimate of drug-likeness (QED) is 0.439. The van der Waals surface area contributed by atoms with Crippen molar-refractivity contribution in [3.05, 3.63) is 89.6 Å². The first-order valence-corrected chi connectivity index (χ1v) is 9.96. The molecular weight excluding hydrogens is 449 g/mol. The Kier molecular flexibility index (Phi) is 5.89. The summed E-state index contributed by atoms with van der Waals surface area (Å²) in [6.45, 7) is 0. The summed E-state index contributed by atoms with van der Waals surface area (Å²) in [5, 5.41) is 17.6. The van der Waals surface area contributed by atoms with Gasteiger partial charge in [0, 0.05) is 5.56 Å². The Bertz CT molecular complexity index is 1360. The molecule has 0 aliphatic carbocycles. The van der Waals surface area contributed by atoms with Crippen LogP contribution in [0, 0.1) is 0 Å². The van der Waals surface area contributed by atoms with E-state index < -0.39 is 23.6 Å². The molecule has 1 heterocycles.